The van der Waals surface area contributed by atoms with Crippen LogP contribution in [0.4, 0.5) is 0 Å². The first-order valence-corrected chi connectivity index (χ1v) is 6.34. The molecule has 2 rings (SSSR count). The van der Waals surface area contributed by atoms with Gasteiger partial charge in [0.05, 0.1) is 19.2 Å². The first-order valence-electron chi connectivity index (χ1n) is 6.34. The van der Waals surface area contributed by atoms with E-state index >= 15 is 0 Å². The molecule has 4 heteroatoms. The molecule has 102 valence electrons. The van der Waals surface area contributed by atoms with Gasteiger partial charge in [-0.15, -0.1) is 0 Å². The molecule has 1 heterocycles. The lowest BCUT2D eigenvalue weighted by molar-refractivity contribution is 0.187. The number of aliphatic hydroxyl groups is 1. The number of aromatic nitrogens is 1. The van der Waals surface area contributed by atoms with Crippen molar-refractivity contribution in [3.63, 3.8) is 0 Å². The topological polar surface area (TPSA) is 54.4 Å². The Hall–Kier alpha value is -1.65. The van der Waals surface area contributed by atoms with Gasteiger partial charge in [-0.2, -0.15) is 0 Å². The van der Waals surface area contributed by atoms with Crippen molar-refractivity contribution < 1.29 is 9.84 Å². The maximum atomic E-state index is 9.26. The van der Waals surface area contributed by atoms with Crippen molar-refractivity contribution in [2.24, 2.45) is 0 Å². The zero-order valence-electron chi connectivity index (χ0n) is 11.6. The minimum Gasteiger partial charge on any atom is -0.481 e. The summed E-state index contributed by atoms with van der Waals surface area (Å²) >= 11 is 0. The molecular formula is C15H20N2O2. The van der Waals surface area contributed by atoms with E-state index in [1.807, 2.05) is 38.1 Å². The van der Waals surface area contributed by atoms with Gasteiger partial charge in [0.15, 0.2) is 0 Å². The fourth-order valence-corrected chi connectivity index (χ4v) is 1.84. The van der Waals surface area contributed by atoms with Crippen LogP contribution < -0.4 is 10.1 Å². The Morgan fingerprint density at radius 1 is 1.32 bits per heavy atom. The zero-order chi connectivity index (χ0) is 13.9. The van der Waals surface area contributed by atoms with Gasteiger partial charge in [-0.25, -0.2) is 4.98 Å². The number of pyridine rings is 1. The number of nitrogens with one attached hydrogen (secondary N) is 1. The lowest BCUT2D eigenvalue weighted by Gasteiger charge is -2.24. The summed E-state index contributed by atoms with van der Waals surface area (Å²) in [6, 6.07) is 10.0. The van der Waals surface area contributed by atoms with Gasteiger partial charge in [0.25, 0.3) is 0 Å². The average molecular weight is 260 g/mol. The van der Waals surface area contributed by atoms with Gasteiger partial charge < -0.3 is 15.2 Å². The number of para-hydroxylation sites is 1. The highest BCUT2D eigenvalue weighted by atomic mass is 16.5. The molecule has 2 N–H and O–H groups in total. The molecular weight excluding hydrogens is 240 g/mol. The van der Waals surface area contributed by atoms with Crippen molar-refractivity contribution >= 4 is 10.9 Å². The number of benzene rings is 1. The fourth-order valence-electron chi connectivity index (χ4n) is 1.84. The summed E-state index contributed by atoms with van der Waals surface area (Å²) in [4.78, 5) is 4.50. The van der Waals surface area contributed by atoms with E-state index in [1.54, 1.807) is 7.11 Å². The molecule has 0 aliphatic rings. The monoisotopic (exact) mass is 260 g/mol. The van der Waals surface area contributed by atoms with E-state index in [-0.39, 0.29) is 12.1 Å². The quantitative estimate of drug-likeness (QED) is 0.864. The molecule has 0 radical (unpaired) electrons. The van der Waals surface area contributed by atoms with E-state index in [4.69, 9.17) is 4.74 Å². The van der Waals surface area contributed by atoms with Gasteiger partial charge in [0.2, 0.25) is 5.88 Å². The van der Waals surface area contributed by atoms with E-state index < -0.39 is 0 Å². The summed E-state index contributed by atoms with van der Waals surface area (Å²) in [5.41, 5.74) is 1.59. The second-order valence-corrected chi connectivity index (χ2v) is 5.25. The highest BCUT2D eigenvalue weighted by molar-refractivity contribution is 5.80. The third-order valence-electron chi connectivity index (χ3n) is 3.11. The Morgan fingerprint density at radius 3 is 2.74 bits per heavy atom. The number of aliphatic hydroxyl groups excluding tert-OH is 1. The minimum absolute atomic E-state index is 0.0797. The molecule has 0 amide bonds. The minimum atomic E-state index is -0.323. The summed E-state index contributed by atoms with van der Waals surface area (Å²) in [5.74, 6) is 0.625. The van der Waals surface area contributed by atoms with Gasteiger partial charge >= 0.3 is 0 Å². The van der Waals surface area contributed by atoms with Crippen molar-refractivity contribution in [3.8, 4) is 5.88 Å². The van der Waals surface area contributed by atoms with E-state index in [0.29, 0.717) is 12.4 Å². The molecule has 0 saturated carbocycles. The zero-order valence-corrected chi connectivity index (χ0v) is 11.6. The van der Waals surface area contributed by atoms with Crippen molar-refractivity contribution in [1.82, 2.24) is 10.3 Å². The smallest absolute Gasteiger partial charge is 0.218 e. The molecule has 19 heavy (non-hydrogen) atoms. The molecule has 1 aromatic heterocycles. The van der Waals surface area contributed by atoms with Crippen molar-refractivity contribution in [2.45, 2.75) is 25.9 Å². The Bertz CT molecular complexity index is 567. The van der Waals surface area contributed by atoms with Crippen LogP contribution >= 0.6 is 0 Å². The second kappa shape index (κ2) is 5.55. The van der Waals surface area contributed by atoms with Crippen LogP contribution in [0.2, 0.25) is 0 Å². The second-order valence-electron chi connectivity index (χ2n) is 5.25. The molecule has 0 atom stereocenters. The average Bonchev–Trinajstić information content (AvgIpc) is 2.44. The molecule has 0 aliphatic carbocycles. The van der Waals surface area contributed by atoms with E-state index in [2.05, 4.69) is 16.4 Å². The molecule has 0 unspecified atom stereocenters. The van der Waals surface area contributed by atoms with Crippen LogP contribution in [0.1, 0.15) is 19.4 Å². The third kappa shape index (κ3) is 3.22. The van der Waals surface area contributed by atoms with Crippen LogP contribution in [0.3, 0.4) is 0 Å². The number of ether oxygens (including phenoxy) is 1. The van der Waals surface area contributed by atoms with Gasteiger partial charge in [-0.1, -0.05) is 18.2 Å². The molecule has 1 aromatic carbocycles. The predicted molar refractivity (Wildman–Crippen MR) is 76.3 cm³/mol. The Morgan fingerprint density at radius 2 is 2.05 bits per heavy atom. The first kappa shape index (κ1) is 13.8. The molecule has 0 saturated heterocycles. The molecule has 0 bridgehead atoms. The maximum Gasteiger partial charge on any atom is 0.218 e. The lowest BCUT2D eigenvalue weighted by atomic mass is 10.1. The van der Waals surface area contributed by atoms with Crippen LogP contribution in [0.5, 0.6) is 5.88 Å². The van der Waals surface area contributed by atoms with Gasteiger partial charge in [0, 0.05) is 23.0 Å². The summed E-state index contributed by atoms with van der Waals surface area (Å²) in [6.07, 6.45) is 0. The van der Waals surface area contributed by atoms with Crippen LogP contribution in [-0.2, 0) is 6.54 Å². The first-order chi connectivity index (χ1) is 9.05. The van der Waals surface area contributed by atoms with Crippen molar-refractivity contribution in [1.29, 1.82) is 0 Å². The largest absolute Gasteiger partial charge is 0.481 e. The van der Waals surface area contributed by atoms with Gasteiger partial charge in [-0.3, -0.25) is 0 Å². The highest BCUT2D eigenvalue weighted by Crippen LogP contribution is 2.22. The molecule has 4 nitrogen and oxygen atoms in total. The van der Waals surface area contributed by atoms with E-state index in [1.165, 1.54) is 0 Å². The van der Waals surface area contributed by atoms with Gasteiger partial charge in [0.1, 0.15) is 0 Å². The van der Waals surface area contributed by atoms with Gasteiger partial charge in [-0.05, 0) is 26.0 Å². The number of nitrogens with zero attached hydrogens (tertiary/aromatic N) is 1. The number of methoxy groups -OCH3 is 1. The standard InChI is InChI=1S/C15H20N2O2/c1-15(2,10-18)16-9-12-8-11-6-4-5-7-13(11)17-14(12)19-3/h4-8,16,18H,9-10H2,1-3H3. The van der Waals surface area contributed by atoms with Crippen LogP contribution in [0.15, 0.2) is 30.3 Å². The Balaban J connectivity index is 2.31. The van der Waals surface area contributed by atoms with E-state index in [0.717, 1.165) is 16.5 Å². The fraction of sp³-hybridized carbons (Fsp3) is 0.400. The highest BCUT2D eigenvalue weighted by Gasteiger charge is 2.16. The normalized spacial score (nSPS) is 11.8. The number of fused-ring (bicyclic) bond motifs is 1. The van der Waals surface area contributed by atoms with Crippen molar-refractivity contribution in [2.75, 3.05) is 13.7 Å². The van der Waals surface area contributed by atoms with E-state index in [9.17, 15) is 5.11 Å². The number of hydrogen-bond acceptors (Lipinski definition) is 4. The summed E-state index contributed by atoms with van der Waals surface area (Å²) in [5, 5.41) is 13.6. The third-order valence-corrected chi connectivity index (χ3v) is 3.11. The van der Waals surface area contributed by atoms with Crippen molar-refractivity contribution in [3.05, 3.63) is 35.9 Å². The van der Waals surface area contributed by atoms with Crippen LogP contribution in [-0.4, -0.2) is 29.3 Å². The maximum absolute atomic E-state index is 9.26. The van der Waals surface area contributed by atoms with Crippen LogP contribution in [0, 0.1) is 0 Å². The Labute approximate surface area is 113 Å². The SMILES string of the molecule is COc1nc2ccccc2cc1CNC(C)(C)CO. The van der Waals surface area contributed by atoms with Crippen LogP contribution in [0.25, 0.3) is 10.9 Å². The lowest BCUT2D eigenvalue weighted by Crippen LogP contribution is -2.42. The summed E-state index contributed by atoms with van der Waals surface area (Å²) < 4.78 is 5.34. The molecule has 0 aliphatic heterocycles. The molecule has 0 spiro atoms. The number of hydrogen-bond donors (Lipinski definition) is 2. The molecule has 2 aromatic rings. The molecule has 0 fully saturated rings. The Kier molecular flexibility index (Phi) is 4.02. The predicted octanol–water partition coefficient (Wildman–Crippen LogP) is 2.10. The number of rotatable bonds is 5. The summed E-state index contributed by atoms with van der Waals surface area (Å²) in [7, 11) is 1.62. The summed E-state index contributed by atoms with van der Waals surface area (Å²) in [6.45, 7) is 4.59.